The molecule has 0 saturated carbocycles. The molecule has 0 aromatic rings. The van der Waals surface area contributed by atoms with E-state index in [2.05, 4.69) is 5.32 Å². The molecule has 21 heavy (non-hydrogen) atoms. The zero-order valence-corrected chi connectivity index (χ0v) is 14.0. The normalized spacial score (nSPS) is 21.1. The molecule has 1 rings (SSSR count). The summed E-state index contributed by atoms with van der Waals surface area (Å²) in [6.45, 7) is 5.21. The Morgan fingerprint density at radius 1 is 1.43 bits per heavy atom. The average molecular weight is 338 g/mol. The van der Waals surface area contributed by atoms with E-state index < -0.39 is 33.3 Å². The van der Waals surface area contributed by atoms with Gasteiger partial charge < -0.3 is 15.3 Å². The van der Waals surface area contributed by atoms with Gasteiger partial charge in [0.25, 0.3) is 0 Å². The van der Waals surface area contributed by atoms with Crippen LogP contribution in [0.1, 0.15) is 20.8 Å². The first-order valence-corrected chi connectivity index (χ1v) is 9.67. The number of sulfone groups is 1. The van der Waals surface area contributed by atoms with Gasteiger partial charge in [-0.3, -0.25) is 0 Å². The van der Waals surface area contributed by atoms with Crippen molar-refractivity contribution in [1.29, 1.82) is 0 Å². The van der Waals surface area contributed by atoms with Crippen LogP contribution < -0.4 is 5.32 Å². The van der Waals surface area contributed by atoms with Gasteiger partial charge in [-0.2, -0.15) is 11.8 Å². The van der Waals surface area contributed by atoms with E-state index in [0.717, 1.165) is 0 Å². The van der Waals surface area contributed by atoms with Gasteiger partial charge in [0, 0.05) is 23.8 Å². The lowest BCUT2D eigenvalue weighted by Gasteiger charge is -2.35. The van der Waals surface area contributed by atoms with Crippen LogP contribution in [0.3, 0.4) is 0 Å². The molecule has 0 aromatic carbocycles. The molecule has 7 nitrogen and oxygen atoms in total. The Morgan fingerprint density at radius 3 is 2.52 bits per heavy atom. The fraction of sp³-hybridized carbons (Fsp3) is 0.833. The third-order valence-corrected chi connectivity index (χ3v) is 6.66. The quantitative estimate of drug-likeness (QED) is 0.761. The van der Waals surface area contributed by atoms with Gasteiger partial charge in [0.15, 0.2) is 9.84 Å². The predicted octanol–water partition coefficient (Wildman–Crippen LogP) is 0.615. The lowest BCUT2D eigenvalue weighted by atomic mass is 10.1. The number of amides is 2. The minimum Gasteiger partial charge on any atom is -0.480 e. The molecule has 2 amide bonds. The summed E-state index contributed by atoms with van der Waals surface area (Å²) in [5.41, 5.74) is 0. The Bertz CT molecular complexity index is 492. The molecule has 2 N–H and O–H groups in total. The Morgan fingerprint density at radius 2 is 2.05 bits per heavy atom. The van der Waals surface area contributed by atoms with Crippen LogP contribution in [0.25, 0.3) is 0 Å². The largest absolute Gasteiger partial charge is 0.480 e. The number of rotatable bonds is 5. The Hall–Kier alpha value is -0.960. The monoisotopic (exact) mass is 338 g/mol. The second-order valence-corrected chi connectivity index (χ2v) is 8.78. The molecule has 1 saturated heterocycles. The van der Waals surface area contributed by atoms with Gasteiger partial charge >= 0.3 is 12.0 Å². The fourth-order valence-electron chi connectivity index (χ4n) is 2.03. The highest BCUT2D eigenvalue weighted by Crippen LogP contribution is 2.21. The Kier molecular flexibility index (Phi) is 6.33. The predicted molar refractivity (Wildman–Crippen MR) is 82.1 cm³/mol. The van der Waals surface area contributed by atoms with Gasteiger partial charge in [-0.1, -0.05) is 20.8 Å². The maximum atomic E-state index is 12.3. The van der Waals surface area contributed by atoms with Crippen LogP contribution >= 0.6 is 11.8 Å². The summed E-state index contributed by atoms with van der Waals surface area (Å²) in [5, 5.41) is 10.6. The summed E-state index contributed by atoms with van der Waals surface area (Å²) in [5.74, 6) is -0.494. The van der Waals surface area contributed by atoms with Crippen molar-refractivity contribution in [2.24, 2.45) is 5.92 Å². The van der Waals surface area contributed by atoms with Gasteiger partial charge in [0.1, 0.15) is 11.4 Å². The topological polar surface area (TPSA) is 104 Å². The second-order valence-electron chi connectivity index (χ2n) is 5.18. The molecule has 1 fully saturated rings. The van der Waals surface area contributed by atoms with E-state index in [-0.39, 0.29) is 11.7 Å². The number of nitrogens with one attached hydrogen (secondary N) is 1. The lowest BCUT2D eigenvalue weighted by molar-refractivity contribution is -0.140. The van der Waals surface area contributed by atoms with Crippen molar-refractivity contribution in [2.45, 2.75) is 32.2 Å². The van der Waals surface area contributed by atoms with E-state index in [1.54, 1.807) is 20.8 Å². The third kappa shape index (κ3) is 4.50. The van der Waals surface area contributed by atoms with Crippen LogP contribution in [0.5, 0.6) is 0 Å². The van der Waals surface area contributed by atoms with Crippen molar-refractivity contribution in [2.75, 3.05) is 23.8 Å². The molecule has 0 radical (unpaired) electrons. The highest BCUT2D eigenvalue weighted by molar-refractivity contribution is 8.01. The van der Waals surface area contributed by atoms with Gasteiger partial charge in [-0.15, -0.1) is 0 Å². The molecule has 0 aliphatic carbocycles. The second kappa shape index (κ2) is 7.35. The van der Waals surface area contributed by atoms with Gasteiger partial charge in [-0.25, -0.2) is 18.0 Å². The number of urea groups is 1. The number of aliphatic carboxylic acids is 1. The third-order valence-electron chi connectivity index (χ3n) is 3.37. The van der Waals surface area contributed by atoms with Crippen molar-refractivity contribution in [1.82, 2.24) is 10.2 Å². The maximum absolute atomic E-state index is 12.3. The van der Waals surface area contributed by atoms with E-state index in [0.29, 0.717) is 18.1 Å². The number of hydrogen-bond donors (Lipinski definition) is 2. The average Bonchev–Trinajstić information content (AvgIpc) is 2.43. The highest BCUT2D eigenvalue weighted by atomic mass is 32.2. The zero-order chi connectivity index (χ0) is 16.2. The first-order valence-electron chi connectivity index (χ1n) is 6.80. The van der Waals surface area contributed by atoms with E-state index in [9.17, 15) is 18.0 Å². The Balaban J connectivity index is 2.90. The number of thioether (sulfide) groups is 1. The van der Waals surface area contributed by atoms with Crippen LogP contribution in [-0.2, 0) is 14.6 Å². The summed E-state index contributed by atoms with van der Waals surface area (Å²) in [6.07, 6.45) is 0. The fourth-order valence-corrected chi connectivity index (χ4v) is 5.00. The van der Waals surface area contributed by atoms with Gasteiger partial charge in [-0.05, 0) is 5.92 Å². The standard InChI is InChI=1S/C12H22N2O5S2/c1-4-21(18,19)9-7-20-6-5-14(9)12(17)13-10(8(2)3)11(15)16/h8-10H,4-7H2,1-3H3,(H,13,17)(H,15,16). The Labute approximate surface area is 129 Å². The molecule has 1 aliphatic heterocycles. The summed E-state index contributed by atoms with van der Waals surface area (Å²) in [7, 11) is -3.39. The van der Waals surface area contributed by atoms with E-state index >= 15 is 0 Å². The van der Waals surface area contributed by atoms with Gasteiger partial charge in [0.2, 0.25) is 0 Å². The number of carboxylic acid groups (broad SMARTS) is 1. The SMILES string of the molecule is CCS(=O)(=O)C1CSCCN1C(=O)NC(C(=O)O)C(C)C. The van der Waals surface area contributed by atoms with E-state index in [1.165, 1.54) is 16.7 Å². The molecule has 2 unspecified atom stereocenters. The first kappa shape index (κ1) is 18.1. The van der Waals surface area contributed by atoms with Crippen molar-refractivity contribution in [3.63, 3.8) is 0 Å². The molecule has 1 aliphatic rings. The maximum Gasteiger partial charge on any atom is 0.326 e. The molecule has 9 heteroatoms. The first-order chi connectivity index (χ1) is 9.70. The van der Waals surface area contributed by atoms with Crippen molar-refractivity contribution < 1.29 is 23.1 Å². The summed E-state index contributed by atoms with van der Waals surface area (Å²) in [4.78, 5) is 24.7. The molecule has 0 spiro atoms. The summed E-state index contributed by atoms with van der Waals surface area (Å²) < 4.78 is 24.1. The molecule has 122 valence electrons. The summed E-state index contributed by atoms with van der Waals surface area (Å²) >= 11 is 1.48. The molecular weight excluding hydrogens is 316 g/mol. The van der Waals surface area contributed by atoms with Crippen LogP contribution in [0.4, 0.5) is 4.79 Å². The van der Waals surface area contributed by atoms with Crippen molar-refractivity contribution in [3.8, 4) is 0 Å². The van der Waals surface area contributed by atoms with E-state index in [4.69, 9.17) is 5.11 Å². The molecule has 1 heterocycles. The molecular formula is C12H22N2O5S2. The molecule has 2 atom stereocenters. The zero-order valence-electron chi connectivity index (χ0n) is 12.4. The minimum absolute atomic E-state index is 0.0471. The van der Waals surface area contributed by atoms with Crippen LogP contribution in [0.15, 0.2) is 0 Å². The van der Waals surface area contributed by atoms with Crippen LogP contribution in [-0.4, -0.2) is 65.6 Å². The molecule has 0 bridgehead atoms. The number of hydrogen-bond acceptors (Lipinski definition) is 5. The molecule has 0 aromatic heterocycles. The van der Waals surface area contributed by atoms with Crippen LogP contribution in [0, 0.1) is 5.92 Å². The van der Waals surface area contributed by atoms with Crippen molar-refractivity contribution >= 4 is 33.6 Å². The van der Waals surface area contributed by atoms with Gasteiger partial charge in [0.05, 0.1) is 0 Å². The highest BCUT2D eigenvalue weighted by Gasteiger charge is 2.37. The van der Waals surface area contributed by atoms with Crippen LogP contribution in [0.2, 0.25) is 0 Å². The van der Waals surface area contributed by atoms with Crippen molar-refractivity contribution in [3.05, 3.63) is 0 Å². The number of carboxylic acids is 1. The lowest BCUT2D eigenvalue weighted by Crippen LogP contribution is -2.57. The number of carbonyl (C=O) groups excluding carboxylic acids is 1. The van der Waals surface area contributed by atoms with E-state index in [1.807, 2.05) is 0 Å². The number of carbonyl (C=O) groups is 2. The smallest absolute Gasteiger partial charge is 0.326 e. The minimum atomic E-state index is -3.39. The number of nitrogens with zero attached hydrogens (tertiary/aromatic N) is 1. The summed E-state index contributed by atoms with van der Waals surface area (Å²) in [6, 6.07) is -1.66.